The highest BCUT2D eigenvalue weighted by molar-refractivity contribution is 7.99. The van der Waals surface area contributed by atoms with Crippen molar-refractivity contribution in [2.75, 3.05) is 5.75 Å². The number of carboxylic acids is 1. The van der Waals surface area contributed by atoms with Gasteiger partial charge in [0.25, 0.3) is 0 Å². The van der Waals surface area contributed by atoms with Crippen LogP contribution in [0.2, 0.25) is 0 Å². The Bertz CT molecular complexity index is 432. The van der Waals surface area contributed by atoms with Crippen LogP contribution in [0.15, 0.2) is 23.1 Å². The van der Waals surface area contributed by atoms with E-state index in [9.17, 15) is 13.6 Å². The molecule has 0 radical (unpaired) electrons. The van der Waals surface area contributed by atoms with Gasteiger partial charge in [-0.2, -0.15) is 8.78 Å². The minimum absolute atomic E-state index is 0.429. The lowest BCUT2D eigenvalue weighted by molar-refractivity contribution is -0.166. The molecule has 1 N–H and O–H groups in total. The van der Waals surface area contributed by atoms with Crippen LogP contribution >= 0.6 is 11.8 Å². The number of aryl methyl sites for hydroxylation is 1. The molecule has 86 valence electrons. The molecule has 2 nitrogen and oxygen atoms in total. The SMILES string of the molecule is O=C(O)C(F)(F)c1ccc2c(c1)CCCS2. The van der Waals surface area contributed by atoms with Crippen molar-refractivity contribution in [3.8, 4) is 0 Å². The van der Waals surface area contributed by atoms with Crippen LogP contribution in [0.3, 0.4) is 0 Å². The van der Waals surface area contributed by atoms with Crippen LogP contribution < -0.4 is 0 Å². The maximum Gasteiger partial charge on any atom is 0.379 e. The van der Waals surface area contributed by atoms with E-state index in [2.05, 4.69) is 0 Å². The molecule has 0 fully saturated rings. The summed E-state index contributed by atoms with van der Waals surface area (Å²) in [6, 6.07) is 4.10. The number of fused-ring (bicyclic) bond motifs is 1. The van der Waals surface area contributed by atoms with E-state index in [-0.39, 0.29) is 0 Å². The van der Waals surface area contributed by atoms with E-state index in [0.29, 0.717) is 0 Å². The van der Waals surface area contributed by atoms with Gasteiger partial charge >= 0.3 is 11.9 Å². The van der Waals surface area contributed by atoms with Crippen LogP contribution in [0.1, 0.15) is 17.5 Å². The van der Waals surface area contributed by atoms with Crippen molar-refractivity contribution in [1.82, 2.24) is 0 Å². The van der Waals surface area contributed by atoms with Crippen molar-refractivity contribution in [2.45, 2.75) is 23.7 Å². The molecule has 16 heavy (non-hydrogen) atoms. The number of hydrogen-bond donors (Lipinski definition) is 1. The van der Waals surface area contributed by atoms with Gasteiger partial charge in [-0.3, -0.25) is 0 Å². The monoisotopic (exact) mass is 244 g/mol. The molecule has 0 bridgehead atoms. The van der Waals surface area contributed by atoms with Crippen LogP contribution in [0.4, 0.5) is 8.78 Å². The fourth-order valence-corrected chi connectivity index (χ4v) is 2.70. The molecule has 1 aliphatic rings. The number of carboxylic acid groups (broad SMARTS) is 1. The van der Waals surface area contributed by atoms with Gasteiger partial charge in [-0.1, -0.05) is 6.07 Å². The topological polar surface area (TPSA) is 37.3 Å². The number of rotatable bonds is 2. The summed E-state index contributed by atoms with van der Waals surface area (Å²) < 4.78 is 26.5. The zero-order valence-electron chi connectivity index (χ0n) is 8.37. The molecular weight excluding hydrogens is 234 g/mol. The second-order valence-corrected chi connectivity index (χ2v) is 4.79. The van der Waals surface area contributed by atoms with Gasteiger partial charge in [0.2, 0.25) is 0 Å². The smallest absolute Gasteiger partial charge is 0.379 e. The van der Waals surface area contributed by atoms with Gasteiger partial charge in [-0.05, 0) is 36.3 Å². The Hall–Kier alpha value is -1.10. The van der Waals surface area contributed by atoms with Gasteiger partial charge in [-0.15, -0.1) is 11.8 Å². The van der Waals surface area contributed by atoms with Crippen LogP contribution in [-0.4, -0.2) is 16.8 Å². The third-order valence-electron chi connectivity index (χ3n) is 2.54. The molecule has 0 aromatic heterocycles. The van der Waals surface area contributed by atoms with E-state index in [1.54, 1.807) is 17.8 Å². The quantitative estimate of drug-likeness (QED) is 0.869. The first-order valence-electron chi connectivity index (χ1n) is 4.89. The fraction of sp³-hybridized carbons (Fsp3) is 0.364. The van der Waals surface area contributed by atoms with Crippen molar-refractivity contribution >= 4 is 17.7 Å². The van der Waals surface area contributed by atoms with Crippen molar-refractivity contribution in [3.63, 3.8) is 0 Å². The van der Waals surface area contributed by atoms with E-state index in [1.807, 2.05) is 0 Å². The van der Waals surface area contributed by atoms with Gasteiger partial charge in [-0.25, -0.2) is 4.79 Å². The van der Waals surface area contributed by atoms with E-state index in [4.69, 9.17) is 5.11 Å². The minimum atomic E-state index is -3.79. The maximum absolute atomic E-state index is 13.2. The third-order valence-corrected chi connectivity index (χ3v) is 3.74. The Balaban J connectivity index is 2.40. The highest BCUT2D eigenvalue weighted by Gasteiger charge is 2.41. The Morgan fingerprint density at radius 1 is 1.44 bits per heavy atom. The zero-order chi connectivity index (χ0) is 11.8. The van der Waals surface area contributed by atoms with Gasteiger partial charge in [0, 0.05) is 10.5 Å². The Morgan fingerprint density at radius 2 is 2.19 bits per heavy atom. The molecular formula is C11H10F2O2S. The minimum Gasteiger partial charge on any atom is -0.477 e. The lowest BCUT2D eigenvalue weighted by Crippen LogP contribution is -2.25. The molecule has 0 unspecified atom stereocenters. The largest absolute Gasteiger partial charge is 0.477 e. The lowest BCUT2D eigenvalue weighted by atomic mass is 10.0. The first-order valence-corrected chi connectivity index (χ1v) is 5.88. The summed E-state index contributed by atoms with van der Waals surface area (Å²) in [6.45, 7) is 0. The number of alkyl halides is 2. The molecule has 0 spiro atoms. The first-order chi connectivity index (χ1) is 7.51. The summed E-state index contributed by atoms with van der Waals surface area (Å²) in [5.74, 6) is -4.91. The van der Waals surface area contributed by atoms with Crippen LogP contribution in [-0.2, 0) is 17.1 Å². The predicted molar refractivity (Wildman–Crippen MR) is 57.0 cm³/mol. The first kappa shape index (κ1) is 11.4. The number of halogens is 2. The van der Waals surface area contributed by atoms with Crippen molar-refractivity contribution in [1.29, 1.82) is 0 Å². The summed E-state index contributed by atoms with van der Waals surface area (Å²) in [5, 5.41) is 8.44. The summed E-state index contributed by atoms with van der Waals surface area (Å²) in [5.41, 5.74) is 0.399. The molecule has 1 aromatic carbocycles. The molecule has 0 saturated carbocycles. The molecule has 0 amide bonds. The molecule has 1 aliphatic heterocycles. The molecule has 5 heteroatoms. The fourth-order valence-electron chi connectivity index (χ4n) is 1.68. The van der Waals surface area contributed by atoms with Crippen LogP contribution in [0.5, 0.6) is 0 Å². The molecule has 1 aromatic rings. The second kappa shape index (κ2) is 4.05. The summed E-state index contributed by atoms with van der Waals surface area (Å²) in [7, 11) is 0. The summed E-state index contributed by atoms with van der Waals surface area (Å²) >= 11 is 1.62. The Kier molecular flexibility index (Phi) is 2.88. The van der Waals surface area contributed by atoms with Crippen molar-refractivity contribution in [2.24, 2.45) is 0 Å². The highest BCUT2D eigenvalue weighted by atomic mass is 32.2. The normalized spacial score (nSPS) is 15.6. The van der Waals surface area contributed by atoms with Gasteiger partial charge in [0.1, 0.15) is 0 Å². The molecule has 0 aliphatic carbocycles. The Labute approximate surface area is 95.7 Å². The van der Waals surface area contributed by atoms with E-state index >= 15 is 0 Å². The highest BCUT2D eigenvalue weighted by Crippen LogP contribution is 2.35. The summed E-state index contributed by atoms with van der Waals surface area (Å²) in [6.07, 6.45) is 1.69. The van der Waals surface area contributed by atoms with E-state index in [1.165, 1.54) is 12.1 Å². The average Bonchev–Trinajstić information content (AvgIpc) is 2.28. The lowest BCUT2D eigenvalue weighted by Gasteiger charge is -2.18. The number of carbonyl (C=O) groups is 1. The van der Waals surface area contributed by atoms with Gasteiger partial charge in [0.15, 0.2) is 0 Å². The van der Waals surface area contributed by atoms with E-state index in [0.717, 1.165) is 29.1 Å². The Morgan fingerprint density at radius 3 is 2.88 bits per heavy atom. The predicted octanol–water partition coefficient (Wildman–Crippen LogP) is 2.90. The van der Waals surface area contributed by atoms with Crippen molar-refractivity contribution in [3.05, 3.63) is 29.3 Å². The second-order valence-electron chi connectivity index (χ2n) is 3.65. The molecule has 0 saturated heterocycles. The van der Waals surface area contributed by atoms with Crippen LogP contribution in [0.25, 0.3) is 0 Å². The number of thioether (sulfide) groups is 1. The number of benzene rings is 1. The number of hydrogen-bond acceptors (Lipinski definition) is 2. The summed E-state index contributed by atoms with van der Waals surface area (Å²) in [4.78, 5) is 11.4. The maximum atomic E-state index is 13.2. The molecule has 0 atom stereocenters. The third kappa shape index (κ3) is 1.91. The van der Waals surface area contributed by atoms with Gasteiger partial charge < -0.3 is 5.11 Å². The molecule has 1 heterocycles. The van der Waals surface area contributed by atoms with Gasteiger partial charge in [0.05, 0.1) is 0 Å². The van der Waals surface area contributed by atoms with Crippen LogP contribution in [0, 0.1) is 0 Å². The standard InChI is InChI=1S/C11H10F2O2S/c12-11(13,10(14)15)8-3-4-9-7(6-8)2-1-5-16-9/h3-4,6H,1-2,5H2,(H,14,15). The number of aliphatic carboxylic acids is 1. The van der Waals surface area contributed by atoms with Crippen molar-refractivity contribution < 1.29 is 18.7 Å². The zero-order valence-corrected chi connectivity index (χ0v) is 9.19. The average molecular weight is 244 g/mol. The molecule has 2 rings (SSSR count). The van der Waals surface area contributed by atoms with E-state index < -0.39 is 17.5 Å².